The van der Waals surface area contributed by atoms with E-state index in [-0.39, 0.29) is 5.56 Å². The Balaban J connectivity index is 1.24. The molecule has 6 atom stereocenters. The molecule has 1 aromatic heterocycles. The minimum absolute atomic E-state index is 0.0619. The SMILES string of the molecule is C[C@@H]1[C@@H](N=C(Nc2ccc3c(=O)n(CCc4ccc(Cl)cc4Cl)cnc3c2)N2C[C@@H](C)N[C@@H](C)C2)C[C@@H]2C[C@H]1C2(C)C. The fraction of sp³-hybridized carbons (Fsp3) is 0.545. The van der Waals surface area contributed by atoms with Gasteiger partial charge in [0.15, 0.2) is 5.96 Å². The van der Waals surface area contributed by atoms with E-state index in [1.165, 1.54) is 6.42 Å². The number of nitrogens with zero attached hydrogens (tertiary/aromatic N) is 4. The Bertz CT molecular complexity index is 1560. The highest BCUT2D eigenvalue weighted by molar-refractivity contribution is 6.35. The van der Waals surface area contributed by atoms with E-state index < -0.39 is 0 Å². The van der Waals surface area contributed by atoms with E-state index in [1.54, 1.807) is 17.0 Å². The van der Waals surface area contributed by atoms with Gasteiger partial charge in [-0.1, -0.05) is 50.0 Å². The first kappa shape index (κ1) is 29.5. The van der Waals surface area contributed by atoms with Gasteiger partial charge in [0.25, 0.3) is 5.56 Å². The molecule has 4 fully saturated rings. The van der Waals surface area contributed by atoms with E-state index >= 15 is 0 Å². The molecule has 7 rings (SSSR count). The van der Waals surface area contributed by atoms with Crippen LogP contribution in [0.15, 0.2) is 52.5 Å². The average Bonchev–Trinajstić information content (AvgIpc) is 2.93. The van der Waals surface area contributed by atoms with Crippen molar-refractivity contribution >= 4 is 45.8 Å². The van der Waals surface area contributed by atoms with Crippen LogP contribution in [-0.2, 0) is 13.0 Å². The Hall–Kier alpha value is -2.61. The quantitative estimate of drug-likeness (QED) is 0.256. The largest absolute Gasteiger partial charge is 0.340 e. The smallest absolute Gasteiger partial charge is 0.261 e. The van der Waals surface area contributed by atoms with Gasteiger partial charge in [-0.2, -0.15) is 0 Å². The second kappa shape index (κ2) is 11.5. The van der Waals surface area contributed by atoms with Crippen molar-refractivity contribution < 1.29 is 0 Å². The lowest BCUT2D eigenvalue weighted by Crippen LogP contribution is -2.59. The number of hydrogen-bond acceptors (Lipinski definition) is 4. The van der Waals surface area contributed by atoms with Crippen LogP contribution in [0, 0.1) is 23.2 Å². The molecule has 42 heavy (non-hydrogen) atoms. The van der Waals surface area contributed by atoms with Gasteiger partial charge >= 0.3 is 0 Å². The maximum atomic E-state index is 13.3. The number of guanidine groups is 1. The number of nitrogens with one attached hydrogen (secondary N) is 2. The molecule has 224 valence electrons. The van der Waals surface area contributed by atoms with Crippen LogP contribution in [0.1, 0.15) is 53.0 Å². The third-order valence-corrected chi connectivity index (χ3v) is 10.8. The zero-order valence-corrected chi connectivity index (χ0v) is 26.7. The average molecular weight is 610 g/mol. The van der Waals surface area contributed by atoms with Crippen LogP contribution in [0.3, 0.4) is 0 Å². The van der Waals surface area contributed by atoms with Gasteiger partial charge in [0.2, 0.25) is 0 Å². The van der Waals surface area contributed by atoms with Crippen molar-refractivity contribution in [3.8, 4) is 0 Å². The topological polar surface area (TPSA) is 74.5 Å². The Morgan fingerprint density at radius 2 is 1.86 bits per heavy atom. The normalized spacial score (nSPS) is 28.9. The lowest BCUT2D eigenvalue weighted by molar-refractivity contribution is -0.108. The molecule has 2 N–H and O–H groups in total. The molecule has 4 aliphatic rings. The van der Waals surface area contributed by atoms with Crippen molar-refractivity contribution in [2.24, 2.45) is 28.2 Å². The number of aromatic nitrogens is 2. The molecule has 2 heterocycles. The number of aliphatic imine (C=N–C) groups is 1. The van der Waals surface area contributed by atoms with Crippen molar-refractivity contribution in [2.75, 3.05) is 18.4 Å². The van der Waals surface area contributed by atoms with E-state index in [4.69, 9.17) is 28.2 Å². The predicted molar refractivity (Wildman–Crippen MR) is 174 cm³/mol. The molecule has 3 saturated carbocycles. The number of halogens is 2. The lowest BCUT2D eigenvalue weighted by atomic mass is 9.45. The lowest BCUT2D eigenvalue weighted by Gasteiger charge is -2.61. The zero-order chi connectivity index (χ0) is 29.8. The Morgan fingerprint density at radius 1 is 1.10 bits per heavy atom. The molecule has 3 aromatic rings. The van der Waals surface area contributed by atoms with Gasteiger partial charge in [0.05, 0.1) is 23.3 Å². The molecular formula is C33H42Cl2N6O. The minimum atomic E-state index is -0.0619. The Morgan fingerprint density at radius 3 is 2.55 bits per heavy atom. The summed E-state index contributed by atoms with van der Waals surface area (Å²) in [4.78, 5) is 25.8. The summed E-state index contributed by atoms with van der Waals surface area (Å²) in [5.41, 5.74) is 2.87. The van der Waals surface area contributed by atoms with E-state index in [1.807, 2.05) is 30.3 Å². The fourth-order valence-corrected chi connectivity index (χ4v) is 8.14. The molecule has 0 amide bonds. The van der Waals surface area contributed by atoms with E-state index in [9.17, 15) is 4.79 Å². The van der Waals surface area contributed by atoms with Gasteiger partial charge in [-0.25, -0.2) is 9.98 Å². The summed E-state index contributed by atoms with van der Waals surface area (Å²) in [6, 6.07) is 12.3. The number of anilines is 1. The summed E-state index contributed by atoms with van der Waals surface area (Å²) in [6.45, 7) is 14.0. The first-order valence-corrected chi connectivity index (χ1v) is 16.0. The van der Waals surface area contributed by atoms with Gasteiger partial charge in [-0.05, 0) is 92.2 Å². The highest BCUT2D eigenvalue weighted by Crippen LogP contribution is 2.61. The van der Waals surface area contributed by atoms with Crippen molar-refractivity contribution in [3.05, 3.63) is 68.7 Å². The zero-order valence-electron chi connectivity index (χ0n) is 25.2. The van der Waals surface area contributed by atoms with Crippen LogP contribution in [0.4, 0.5) is 5.69 Å². The van der Waals surface area contributed by atoms with Crippen LogP contribution in [-0.4, -0.2) is 51.6 Å². The molecular weight excluding hydrogens is 567 g/mol. The molecule has 0 spiro atoms. The van der Waals surface area contributed by atoms with Crippen molar-refractivity contribution in [1.29, 1.82) is 0 Å². The number of hydrogen-bond donors (Lipinski definition) is 2. The predicted octanol–water partition coefficient (Wildman–Crippen LogP) is 6.47. The summed E-state index contributed by atoms with van der Waals surface area (Å²) < 4.78 is 1.65. The van der Waals surface area contributed by atoms with E-state index in [0.717, 1.165) is 48.6 Å². The molecule has 2 bridgehead atoms. The number of rotatable bonds is 5. The second-order valence-electron chi connectivity index (χ2n) is 13.4. The van der Waals surface area contributed by atoms with Gasteiger partial charge in [-0.3, -0.25) is 9.36 Å². The Kier molecular flexibility index (Phi) is 8.05. The summed E-state index contributed by atoms with van der Waals surface area (Å²) in [7, 11) is 0. The van der Waals surface area contributed by atoms with Crippen molar-refractivity contribution in [2.45, 2.75) is 78.6 Å². The molecule has 3 aliphatic carbocycles. The monoisotopic (exact) mass is 608 g/mol. The van der Waals surface area contributed by atoms with Crippen LogP contribution in [0.2, 0.25) is 10.0 Å². The molecule has 1 aliphatic heterocycles. The number of aryl methyl sites for hydroxylation is 2. The highest BCUT2D eigenvalue weighted by Gasteiger charge is 2.56. The van der Waals surface area contributed by atoms with Gasteiger partial charge in [0, 0.05) is 47.5 Å². The maximum Gasteiger partial charge on any atom is 0.261 e. The Labute approximate surface area is 258 Å². The number of piperazine rings is 1. The molecule has 0 unspecified atom stereocenters. The summed E-state index contributed by atoms with van der Waals surface area (Å²) in [6.07, 6.45) is 4.73. The minimum Gasteiger partial charge on any atom is -0.340 e. The molecule has 9 heteroatoms. The molecule has 2 aromatic carbocycles. The van der Waals surface area contributed by atoms with Crippen LogP contribution in [0.25, 0.3) is 10.9 Å². The van der Waals surface area contributed by atoms with Gasteiger partial charge in [0.1, 0.15) is 0 Å². The van der Waals surface area contributed by atoms with Crippen LogP contribution >= 0.6 is 23.2 Å². The summed E-state index contributed by atoms with van der Waals surface area (Å²) >= 11 is 12.4. The molecule has 0 radical (unpaired) electrons. The summed E-state index contributed by atoms with van der Waals surface area (Å²) in [5.74, 6) is 2.96. The standard InChI is InChI=1S/C33H42Cl2N6O/c1-19-16-41(17-20(2)37-19)32(39-29-13-23-12-27(21(29)3)33(23,4)5)38-25-8-9-26-30(15-25)36-18-40(31(26)42)11-10-22-6-7-24(34)14-28(22)35/h6-9,14-15,18-21,23,27,29,37H,10-13,16-17H2,1-5H3,(H,38,39)/t19-,20+,21-,23-,27+,29-/m0/s1. The highest BCUT2D eigenvalue weighted by atomic mass is 35.5. The van der Waals surface area contributed by atoms with E-state index in [2.05, 4.69) is 55.1 Å². The third kappa shape index (κ3) is 5.68. The maximum absolute atomic E-state index is 13.3. The van der Waals surface area contributed by atoms with Crippen molar-refractivity contribution in [1.82, 2.24) is 19.8 Å². The van der Waals surface area contributed by atoms with Crippen LogP contribution < -0.4 is 16.2 Å². The van der Waals surface area contributed by atoms with Gasteiger partial charge < -0.3 is 15.5 Å². The van der Waals surface area contributed by atoms with Crippen molar-refractivity contribution in [3.63, 3.8) is 0 Å². The summed E-state index contributed by atoms with van der Waals surface area (Å²) in [5, 5.41) is 9.11. The first-order valence-electron chi connectivity index (χ1n) is 15.3. The fourth-order valence-electron chi connectivity index (χ4n) is 7.63. The number of fused-ring (bicyclic) bond motifs is 3. The van der Waals surface area contributed by atoms with Crippen LogP contribution in [0.5, 0.6) is 0 Å². The second-order valence-corrected chi connectivity index (χ2v) is 14.3. The van der Waals surface area contributed by atoms with E-state index in [0.29, 0.717) is 63.4 Å². The molecule has 1 saturated heterocycles. The number of benzene rings is 2. The third-order valence-electron chi connectivity index (χ3n) is 10.2. The van der Waals surface area contributed by atoms with Gasteiger partial charge in [-0.15, -0.1) is 0 Å². The molecule has 7 nitrogen and oxygen atoms in total. The first-order chi connectivity index (χ1) is 20.0.